The third kappa shape index (κ3) is 3.93. The Bertz CT molecular complexity index is 1170. The summed E-state index contributed by atoms with van der Waals surface area (Å²) in [5, 5.41) is 0. The molecule has 1 aromatic heterocycles. The van der Waals surface area contributed by atoms with Gasteiger partial charge in [-0.25, -0.2) is 14.0 Å². The van der Waals surface area contributed by atoms with Crippen molar-refractivity contribution < 1.29 is 4.57 Å². The fourth-order valence-electron chi connectivity index (χ4n) is 5.55. The van der Waals surface area contributed by atoms with Crippen LogP contribution < -0.4 is 9.47 Å². The Balaban J connectivity index is 1.80. The number of hydrogen-bond acceptors (Lipinski definition) is 2. The molecule has 0 radical (unpaired) electrons. The van der Waals surface area contributed by atoms with Crippen LogP contribution in [-0.2, 0) is 12.6 Å². The molecule has 0 fully saturated rings. The first kappa shape index (κ1) is 24.1. The van der Waals surface area contributed by atoms with Crippen molar-refractivity contribution in [1.82, 2.24) is 9.47 Å². The van der Waals surface area contributed by atoms with Crippen molar-refractivity contribution in [3.8, 4) is 5.69 Å². The molecule has 1 atom stereocenters. The average molecular weight is 458 g/mol. The molecule has 2 aromatic carbocycles. The van der Waals surface area contributed by atoms with Crippen molar-refractivity contribution in [2.24, 2.45) is 7.05 Å². The van der Waals surface area contributed by atoms with Crippen LogP contribution in [0.15, 0.2) is 67.3 Å². The summed E-state index contributed by atoms with van der Waals surface area (Å²) in [7, 11) is 2.15. The smallest absolute Gasteiger partial charge is 0.334 e. The number of anilines is 1. The molecule has 0 unspecified atom stereocenters. The summed E-state index contributed by atoms with van der Waals surface area (Å²) in [6, 6.07) is 15.5. The van der Waals surface area contributed by atoms with E-state index in [1.165, 1.54) is 33.9 Å². The van der Waals surface area contributed by atoms with Crippen LogP contribution in [0.5, 0.6) is 0 Å². The molecule has 0 saturated heterocycles. The highest BCUT2D eigenvalue weighted by atomic mass is 15.5. The third-order valence-electron chi connectivity index (χ3n) is 7.43. The number of imidazole rings is 1. The van der Waals surface area contributed by atoms with Gasteiger partial charge in [0.05, 0.1) is 25.0 Å². The van der Waals surface area contributed by atoms with Gasteiger partial charge in [-0.1, -0.05) is 70.2 Å². The lowest BCUT2D eigenvalue weighted by molar-refractivity contribution is -0.657. The number of rotatable bonds is 6. The van der Waals surface area contributed by atoms with Crippen molar-refractivity contribution in [2.75, 3.05) is 4.90 Å². The lowest BCUT2D eigenvalue weighted by Crippen LogP contribution is -2.49. The van der Waals surface area contributed by atoms with Crippen LogP contribution in [0, 0.1) is 6.92 Å². The summed E-state index contributed by atoms with van der Waals surface area (Å²) in [5.41, 5.74) is 6.65. The van der Waals surface area contributed by atoms with Crippen molar-refractivity contribution in [3.05, 3.63) is 89.5 Å². The Hall–Kier alpha value is -3.01. The monoisotopic (exact) mass is 457 g/mol. The van der Waals surface area contributed by atoms with Gasteiger partial charge in [-0.3, -0.25) is 0 Å². The van der Waals surface area contributed by atoms with Crippen LogP contribution in [0.1, 0.15) is 82.6 Å². The predicted molar refractivity (Wildman–Crippen MR) is 142 cm³/mol. The van der Waals surface area contributed by atoms with Crippen LogP contribution in [-0.4, -0.2) is 15.6 Å². The maximum absolute atomic E-state index is 2.48. The molecule has 0 amide bonds. The number of hydrogen-bond donors (Lipinski definition) is 0. The van der Waals surface area contributed by atoms with Gasteiger partial charge >= 0.3 is 5.95 Å². The Kier molecular flexibility index (Phi) is 6.37. The van der Waals surface area contributed by atoms with Gasteiger partial charge in [0.1, 0.15) is 11.9 Å². The van der Waals surface area contributed by atoms with Gasteiger partial charge in [-0.05, 0) is 61.8 Å². The Morgan fingerprint density at radius 1 is 0.882 bits per heavy atom. The third-order valence-corrected chi connectivity index (χ3v) is 7.43. The average Bonchev–Trinajstić information content (AvgIpc) is 3.35. The number of benzene rings is 2. The second-order valence-corrected chi connectivity index (χ2v) is 10.8. The molecule has 0 saturated carbocycles. The SMILES string of the molecule is Cc1ccccc1C(C)(C)N1C=CN(c2n(-c3c(C(C)C)cccc3C(C)C)cc[n+]2C)[C@H]1C. The first-order valence-corrected chi connectivity index (χ1v) is 12.6. The first-order chi connectivity index (χ1) is 16.1. The van der Waals surface area contributed by atoms with E-state index in [-0.39, 0.29) is 11.7 Å². The van der Waals surface area contributed by atoms with Crippen molar-refractivity contribution >= 4 is 5.95 Å². The standard InChI is InChI=1S/C30H41N4/c1-21(2)25-14-12-15-26(22(3)4)28(25)33-18-17-31(9)29(33)32-19-20-34(24(32)6)30(7,8)27-16-11-10-13-23(27)5/h10-22,24H,1-9H3/q+1/t24-/m1/s1. The number of aryl methyl sites for hydroxylation is 2. The van der Waals surface area contributed by atoms with Crippen LogP contribution in [0.2, 0.25) is 0 Å². The Labute approximate surface area is 206 Å². The lowest BCUT2D eigenvalue weighted by atomic mass is 9.88. The molecule has 4 heteroatoms. The number of nitrogens with zero attached hydrogens (tertiary/aromatic N) is 4. The molecule has 0 N–H and O–H groups in total. The molecule has 1 aliphatic heterocycles. The molecule has 0 bridgehead atoms. The van der Waals surface area contributed by atoms with E-state index in [4.69, 9.17) is 0 Å². The molecule has 1 aliphatic rings. The van der Waals surface area contributed by atoms with Crippen LogP contribution >= 0.6 is 0 Å². The van der Waals surface area contributed by atoms with Crippen LogP contribution in [0.25, 0.3) is 5.69 Å². The zero-order valence-electron chi connectivity index (χ0n) is 22.4. The second kappa shape index (κ2) is 8.98. The number of para-hydroxylation sites is 1. The van der Waals surface area contributed by atoms with E-state index < -0.39 is 0 Å². The first-order valence-electron chi connectivity index (χ1n) is 12.6. The molecule has 3 aromatic rings. The zero-order valence-corrected chi connectivity index (χ0v) is 22.4. The van der Waals surface area contributed by atoms with Crippen LogP contribution in [0.4, 0.5) is 5.95 Å². The molecule has 180 valence electrons. The summed E-state index contributed by atoms with van der Waals surface area (Å²) in [6.07, 6.45) is 9.06. The fourth-order valence-corrected chi connectivity index (χ4v) is 5.55. The summed E-state index contributed by atoms with van der Waals surface area (Å²) < 4.78 is 4.64. The van der Waals surface area contributed by atoms with Gasteiger partial charge < -0.3 is 4.90 Å². The lowest BCUT2D eigenvalue weighted by Gasteiger charge is -2.40. The molecule has 4 nitrogen and oxygen atoms in total. The zero-order chi connectivity index (χ0) is 24.8. The van der Waals surface area contributed by atoms with E-state index in [9.17, 15) is 0 Å². The van der Waals surface area contributed by atoms with E-state index in [0.717, 1.165) is 0 Å². The maximum atomic E-state index is 2.48. The minimum Gasteiger partial charge on any atom is -0.334 e. The van der Waals surface area contributed by atoms with Crippen LogP contribution in [0.3, 0.4) is 0 Å². The normalized spacial score (nSPS) is 16.4. The predicted octanol–water partition coefficient (Wildman–Crippen LogP) is 6.73. The van der Waals surface area contributed by atoms with Crippen molar-refractivity contribution in [1.29, 1.82) is 0 Å². The summed E-state index contributed by atoms with van der Waals surface area (Å²) in [6.45, 7) is 18.3. The maximum Gasteiger partial charge on any atom is 0.370 e. The highest BCUT2D eigenvalue weighted by molar-refractivity contribution is 5.55. The van der Waals surface area contributed by atoms with Gasteiger partial charge in [0.25, 0.3) is 0 Å². The van der Waals surface area contributed by atoms with Gasteiger partial charge in [-0.2, -0.15) is 0 Å². The summed E-state index contributed by atoms with van der Waals surface area (Å²) >= 11 is 0. The summed E-state index contributed by atoms with van der Waals surface area (Å²) in [4.78, 5) is 4.88. The van der Waals surface area contributed by atoms with E-state index in [1.807, 2.05) is 0 Å². The van der Waals surface area contributed by atoms with Crippen molar-refractivity contribution in [2.45, 2.75) is 78.9 Å². The molecular weight excluding hydrogens is 416 g/mol. The van der Waals surface area contributed by atoms with Gasteiger partial charge in [0, 0.05) is 6.20 Å². The fraction of sp³-hybridized carbons (Fsp3) is 0.433. The second-order valence-electron chi connectivity index (χ2n) is 10.8. The topological polar surface area (TPSA) is 15.3 Å². The van der Waals surface area contributed by atoms with E-state index >= 15 is 0 Å². The van der Waals surface area contributed by atoms with Gasteiger partial charge in [0.2, 0.25) is 0 Å². The van der Waals surface area contributed by atoms with Crippen molar-refractivity contribution in [3.63, 3.8) is 0 Å². The minimum absolute atomic E-state index is 0.134. The highest BCUT2D eigenvalue weighted by Gasteiger charge is 2.41. The van der Waals surface area contributed by atoms with Gasteiger partial charge in [0.15, 0.2) is 6.17 Å². The Morgan fingerprint density at radius 3 is 2.09 bits per heavy atom. The summed E-state index contributed by atoms with van der Waals surface area (Å²) in [5.74, 6) is 2.05. The molecule has 4 rings (SSSR count). The molecule has 2 heterocycles. The minimum atomic E-state index is -0.134. The molecule has 0 spiro atoms. The molecule has 0 aliphatic carbocycles. The quantitative estimate of drug-likeness (QED) is 0.381. The van der Waals surface area contributed by atoms with Gasteiger partial charge in [-0.15, -0.1) is 0 Å². The van der Waals surface area contributed by atoms with E-state index in [1.54, 1.807) is 0 Å². The number of aromatic nitrogens is 2. The highest BCUT2D eigenvalue weighted by Crippen LogP contribution is 2.38. The van der Waals surface area contributed by atoms with E-state index in [0.29, 0.717) is 11.8 Å². The largest absolute Gasteiger partial charge is 0.370 e. The van der Waals surface area contributed by atoms with E-state index in [2.05, 4.69) is 149 Å². The Morgan fingerprint density at radius 2 is 1.50 bits per heavy atom. The molecule has 34 heavy (non-hydrogen) atoms. The molecular formula is C30H41N4+.